The summed E-state index contributed by atoms with van der Waals surface area (Å²) >= 11 is 7.69. The Kier molecular flexibility index (Phi) is 6.24. The minimum Gasteiger partial charge on any atom is -0.410 e. The van der Waals surface area contributed by atoms with Crippen LogP contribution < -0.4 is 5.56 Å². The van der Waals surface area contributed by atoms with Crippen molar-refractivity contribution in [3.63, 3.8) is 0 Å². The second kappa shape index (κ2) is 9.60. The van der Waals surface area contributed by atoms with E-state index in [-0.39, 0.29) is 11.4 Å². The number of fused-ring (bicyclic) bond motifs is 1. The Hall–Kier alpha value is -3.42. The molecule has 0 aliphatic rings. The van der Waals surface area contributed by atoms with E-state index >= 15 is 0 Å². The average molecular weight is 475 g/mol. The molecule has 8 heteroatoms. The van der Waals surface area contributed by atoms with E-state index in [0.717, 1.165) is 28.3 Å². The number of benzene rings is 3. The maximum absolute atomic E-state index is 13.0. The summed E-state index contributed by atoms with van der Waals surface area (Å²) in [6.45, 7) is 0.352. The largest absolute Gasteiger partial charge is 0.410 e. The van der Waals surface area contributed by atoms with Crippen molar-refractivity contribution in [2.75, 3.05) is 5.75 Å². The Morgan fingerprint density at radius 3 is 2.42 bits per heavy atom. The van der Waals surface area contributed by atoms with E-state index in [1.54, 1.807) is 6.07 Å². The van der Waals surface area contributed by atoms with Gasteiger partial charge in [0.2, 0.25) is 0 Å². The number of halogens is 1. The van der Waals surface area contributed by atoms with Gasteiger partial charge in [0.1, 0.15) is 0 Å². The van der Waals surface area contributed by atoms with Gasteiger partial charge in [-0.2, -0.15) is 5.10 Å². The quantitative estimate of drug-likeness (QED) is 0.291. The third kappa shape index (κ3) is 4.69. The van der Waals surface area contributed by atoms with E-state index in [1.807, 2.05) is 72.8 Å². The van der Waals surface area contributed by atoms with Crippen molar-refractivity contribution in [1.29, 1.82) is 0 Å². The molecule has 0 aliphatic carbocycles. The number of aromatic nitrogens is 4. The molecule has 2 heterocycles. The summed E-state index contributed by atoms with van der Waals surface area (Å²) in [4.78, 5) is 13.0. The summed E-state index contributed by atoms with van der Waals surface area (Å²) < 4.78 is 7.37. The molecule has 0 amide bonds. The van der Waals surface area contributed by atoms with Gasteiger partial charge in [0.25, 0.3) is 16.7 Å². The zero-order chi connectivity index (χ0) is 22.6. The van der Waals surface area contributed by atoms with Crippen LogP contribution in [0.25, 0.3) is 22.4 Å². The molecule has 0 atom stereocenters. The highest BCUT2D eigenvalue weighted by molar-refractivity contribution is 7.99. The fourth-order valence-corrected chi connectivity index (χ4v) is 4.53. The van der Waals surface area contributed by atoms with Crippen LogP contribution in [0.15, 0.2) is 93.3 Å². The lowest BCUT2D eigenvalue weighted by molar-refractivity contribution is 0.463. The predicted octanol–water partition coefficient (Wildman–Crippen LogP) is 5.48. The topological polar surface area (TPSA) is 73.8 Å². The number of hydrogen-bond acceptors (Lipinski definition) is 6. The summed E-state index contributed by atoms with van der Waals surface area (Å²) in [6, 6.07) is 24.9. The Balaban J connectivity index is 1.43. The third-order valence-corrected chi connectivity index (χ3v) is 6.40. The van der Waals surface area contributed by atoms with Crippen LogP contribution in [0.3, 0.4) is 0 Å². The standard InChI is InChI=1S/C25H19ClN4O2S/c26-21-13-7-4-10-18(21)14-15-33-25-28-27-23(32-25)22-19-11-5-6-12-20(19)24(31)30(29-22)16-17-8-2-1-3-9-17/h1-13H,14-16H2. The van der Waals surface area contributed by atoms with E-state index in [2.05, 4.69) is 15.3 Å². The molecule has 5 rings (SSSR count). The number of thioether (sulfide) groups is 1. The van der Waals surface area contributed by atoms with Crippen molar-refractivity contribution >= 4 is 34.1 Å². The first-order valence-corrected chi connectivity index (χ1v) is 11.8. The first-order chi connectivity index (χ1) is 16.2. The molecule has 6 nitrogen and oxygen atoms in total. The van der Waals surface area contributed by atoms with Gasteiger partial charge in [0.15, 0.2) is 5.69 Å². The molecule has 164 valence electrons. The number of nitrogens with zero attached hydrogens (tertiary/aromatic N) is 4. The van der Waals surface area contributed by atoms with Crippen LogP contribution in [0.2, 0.25) is 5.02 Å². The highest BCUT2D eigenvalue weighted by Crippen LogP contribution is 2.27. The molecule has 5 aromatic rings. The SMILES string of the molecule is O=c1c2ccccc2c(-c2nnc(SCCc3ccccc3Cl)o2)nn1Cc1ccccc1. The molecule has 0 aliphatic heterocycles. The van der Waals surface area contributed by atoms with Crippen LogP contribution in [0.5, 0.6) is 0 Å². The molecule has 0 N–H and O–H groups in total. The summed E-state index contributed by atoms with van der Waals surface area (Å²) in [5, 5.41) is 15.4. The van der Waals surface area contributed by atoms with Crippen LogP contribution in [-0.4, -0.2) is 25.7 Å². The third-order valence-electron chi connectivity index (χ3n) is 5.21. The number of hydrogen-bond donors (Lipinski definition) is 0. The van der Waals surface area contributed by atoms with Crippen molar-refractivity contribution in [2.24, 2.45) is 0 Å². The van der Waals surface area contributed by atoms with Gasteiger partial charge < -0.3 is 4.42 Å². The van der Waals surface area contributed by atoms with E-state index in [4.69, 9.17) is 16.0 Å². The van der Waals surface area contributed by atoms with Gasteiger partial charge in [-0.3, -0.25) is 4.79 Å². The van der Waals surface area contributed by atoms with Gasteiger partial charge in [0.05, 0.1) is 11.9 Å². The van der Waals surface area contributed by atoms with Crippen molar-refractivity contribution in [1.82, 2.24) is 20.0 Å². The Bertz CT molecular complexity index is 1470. The van der Waals surface area contributed by atoms with Crippen LogP contribution >= 0.6 is 23.4 Å². The van der Waals surface area contributed by atoms with Gasteiger partial charge in [-0.05, 0) is 29.7 Å². The molecular weight excluding hydrogens is 456 g/mol. The highest BCUT2D eigenvalue weighted by Gasteiger charge is 2.18. The van der Waals surface area contributed by atoms with Gasteiger partial charge >= 0.3 is 0 Å². The zero-order valence-electron chi connectivity index (χ0n) is 17.5. The maximum atomic E-state index is 13.0. The van der Waals surface area contributed by atoms with Crippen LogP contribution in [-0.2, 0) is 13.0 Å². The van der Waals surface area contributed by atoms with Crippen molar-refractivity contribution in [2.45, 2.75) is 18.2 Å². The van der Waals surface area contributed by atoms with E-state index < -0.39 is 0 Å². The van der Waals surface area contributed by atoms with Crippen molar-refractivity contribution in [3.05, 3.63) is 105 Å². The molecule has 0 saturated carbocycles. The lowest BCUT2D eigenvalue weighted by Gasteiger charge is -2.09. The second-order valence-corrected chi connectivity index (χ2v) is 8.86. The molecule has 0 fully saturated rings. The Labute approximate surface area is 199 Å². The Morgan fingerprint density at radius 2 is 1.61 bits per heavy atom. The van der Waals surface area contributed by atoms with Gasteiger partial charge in [-0.25, -0.2) is 4.68 Å². The number of aryl methyl sites for hydroxylation is 1. The highest BCUT2D eigenvalue weighted by atomic mass is 35.5. The zero-order valence-corrected chi connectivity index (χ0v) is 19.1. The maximum Gasteiger partial charge on any atom is 0.276 e. The molecule has 0 unspecified atom stereocenters. The summed E-state index contributed by atoms with van der Waals surface area (Å²) in [5.74, 6) is 1.03. The van der Waals surface area contributed by atoms with E-state index in [1.165, 1.54) is 16.4 Å². The molecule has 0 spiro atoms. The molecule has 0 bridgehead atoms. The van der Waals surface area contributed by atoms with Crippen LogP contribution in [0, 0.1) is 0 Å². The van der Waals surface area contributed by atoms with Gasteiger partial charge in [0, 0.05) is 16.2 Å². The number of rotatable bonds is 7. The lowest BCUT2D eigenvalue weighted by Crippen LogP contribution is -2.24. The van der Waals surface area contributed by atoms with Crippen LogP contribution in [0.4, 0.5) is 0 Å². The van der Waals surface area contributed by atoms with E-state index in [0.29, 0.717) is 28.2 Å². The lowest BCUT2D eigenvalue weighted by atomic mass is 10.1. The normalized spacial score (nSPS) is 11.2. The minimum atomic E-state index is -0.160. The predicted molar refractivity (Wildman–Crippen MR) is 131 cm³/mol. The van der Waals surface area contributed by atoms with E-state index in [9.17, 15) is 4.79 Å². The fourth-order valence-electron chi connectivity index (χ4n) is 3.57. The summed E-state index contributed by atoms with van der Waals surface area (Å²) in [5.41, 5.74) is 2.39. The van der Waals surface area contributed by atoms with Crippen molar-refractivity contribution in [3.8, 4) is 11.6 Å². The second-order valence-electron chi connectivity index (χ2n) is 7.41. The van der Waals surface area contributed by atoms with Gasteiger partial charge in [-0.15, -0.1) is 10.2 Å². The summed E-state index contributed by atoms with van der Waals surface area (Å²) in [7, 11) is 0. The molecule has 33 heavy (non-hydrogen) atoms. The minimum absolute atomic E-state index is 0.160. The van der Waals surface area contributed by atoms with Gasteiger partial charge in [-0.1, -0.05) is 90.1 Å². The van der Waals surface area contributed by atoms with Crippen molar-refractivity contribution < 1.29 is 4.42 Å². The molecule has 3 aromatic carbocycles. The molecule has 0 radical (unpaired) electrons. The smallest absolute Gasteiger partial charge is 0.276 e. The first kappa shape index (κ1) is 21.4. The molecular formula is C25H19ClN4O2S. The summed E-state index contributed by atoms with van der Waals surface area (Å²) in [6.07, 6.45) is 0.783. The molecule has 2 aromatic heterocycles. The average Bonchev–Trinajstić information content (AvgIpc) is 3.31. The fraction of sp³-hybridized carbons (Fsp3) is 0.120. The Morgan fingerprint density at radius 1 is 0.879 bits per heavy atom. The van der Waals surface area contributed by atoms with Crippen LogP contribution in [0.1, 0.15) is 11.1 Å². The molecule has 0 saturated heterocycles. The monoisotopic (exact) mass is 474 g/mol. The first-order valence-electron chi connectivity index (χ1n) is 10.4.